The Morgan fingerprint density at radius 2 is 2.28 bits per heavy atom. The second kappa shape index (κ2) is 6.87. The largest absolute Gasteiger partial charge is 0.481 e. The van der Waals surface area contributed by atoms with E-state index >= 15 is 0 Å². The van der Waals surface area contributed by atoms with Crippen molar-refractivity contribution >= 4 is 17.3 Å². The van der Waals surface area contributed by atoms with Crippen LogP contribution >= 0.6 is 11.3 Å². The van der Waals surface area contributed by atoms with Gasteiger partial charge in [0.05, 0.1) is 19.1 Å². The third-order valence-corrected chi connectivity index (χ3v) is 4.02. The van der Waals surface area contributed by atoms with E-state index < -0.39 is 5.97 Å². The van der Waals surface area contributed by atoms with Gasteiger partial charge in [0, 0.05) is 24.5 Å². The molecule has 0 aliphatic carbocycles. The van der Waals surface area contributed by atoms with E-state index in [4.69, 9.17) is 9.84 Å². The monoisotopic (exact) mass is 269 g/mol. The summed E-state index contributed by atoms with van der Waals surface area (Å²) in [6, 6.07) is 4.25. The molecule has 4 nitrogen and oxygen atoms in total. The second-order valence-corrected chi connectivity index (χ2v) is 5.60. The molecule has 18 heavy (non-hydrogen) atoms. The average molecular weight is 269 g/mol. The Bertz CT molecular complexity index is 358. The van der Waals surface area contributed by atoms with E-state index in [0.29, 0.717) is 6.61 Å². The molecule has 1 fully saturated rings. The van der Waals surface area contributed by atoms with Gasteiger partial charge in [-0.2, -0.15) is 0 Å². The highest BCUT2D eigenvalue weighted by Gasteiger charge is 2.19. The smallest absolute Gasteiger partial charge is 0.305 e. The summed E-state index contributed by atoms with van der Waals surface area (Å²) in [5.41, 5.74) is 0. The van der Waals surface area contributed by atoms with E-state index in [9.17, 15) is 4.79 Å². The van der Waals surface area contributed by atoms with Gasteiger partial charge in [-0.25, -0.2) is 0 Å². The highest BCUT2D eigenvalue weighted by Crippen LogP contribution is 2.18. The maximum Gasteiger partial charge on any atom is 0.305 e. The van der Waals surface area contributed by atoms with Crippen molar-refractivity contribution in [3.8, 4) is 0 Å². The molecule has 2 rings (SSSR count). The van der Waals surface area contributed by atoms with Gasteiger partial charge in [0.15, 0.2) is 0 Å². The summed E-state index contributed by atoms with van der Waals surface area (Å²) in [7, 11) is 0. The first-order valence-corrected chi connectivity index (χ1v) is 7.20. The van der Waals surface area contributed by atoms with Crippen LogP contribution in [0.4, 0.5) is 0 Å². The highest BCUT2D eigenvalue weighted by atomic mass is 32.1. The number of likely N-dealkylation sites (tertiary alicyclic amines) is 1. The lowest BCUT2D eigenvalue weighted by molar-refractivity contribution is -0.138. The number of carbonyl (C=O) groups is 1. The molecule has 0 spiro atoms. The molecule has 1 aliphatic heterocycles. The summed E-state index contributed by atoms with van der Waals surface area (Å²) in [6.45, 7) is 3.44. The maximum atomic E-state index is 10.4. The first kappa shape index (κ1) is 13.5. The highest BCUT2D eigenvalue weighted by molar-refractivity contribution is 7.09. The lowest BCUT2D eigenvalue weighted by Crippen LogP contribution is -2.36. The summed E-state index contributed by atoms with van der Waals surface area (Å²) >= 11 is 1.80. The SMILES string of the molecule is O=C(O)CCOC1CCN(Cc2cccs2)CC1. The molecule has 0 radical (unpaired) electrons. The van der Waals surface area contributed by atoms with Crippen LogP contribution in [-0.4, -0.2) is 41.8 Å². The number of thiophene rings is 1. The quantitative estimate of drug-likeness (QED) is 0.860. The van der Waals surface area contributed by atoms with Crippen LogP contribution in [0.1, 0.15) is 24.1 Å². The number of hydrogen-bond acceptors (Lipinski definition) is 4. The molecule has 2 heterocycles. The van der Waals surface area contributed by atoms with Crippen LogP contribution in [0.15, 0.2) is 17.5 Å². The molecule has 0 saturated carbocycles. The number of carboxylic acid groups (broad SMARTS) is 1. The van der Waals surface area contributed by atoms with Crippen LogP contribution in [0.25, 0.3) is 0 Å². The predicted octanol–water partition coefficient (Wildman–Crippen LogP) is 2.20. The van der Waals surface area contributed by atoms with Crippen molar-refractivity contribution < 1.29 is 14.6 Å². The lowest BCUT2D eigenvalue weighted by Gasteiger charge is -2.31. The predicted molar refractivity (Wildman–Crippen MR) is 70.8 cm³/mol. The van der Waals surface area contributed by atoms with Crippen LogP contribution in [0.2, 0.25) is 0 Å². The zero-order valence-corrected chi connectivity index (χ0v) is 11.2. The maximum absolute atomic E-state index is 10.4. The number of aliphatic carboxylic acids is 1. The van der Waals surface area contributed by atoms with E-state index in [1.54, 1.807) is 11.3 Å². The Morgan fingerprint density at radius 3 is 2.89 bits per heavy atom. The fraction of sp³-hybridized carbons (Fsp3) is 0.615. The van der Waals surface area contributed by atoms with Crippen molar-refractivity contribution in [2.75, 3.05) is 19.7 Å². The molecule has 1 N–H and O–H groups in total. The van der Waals surface area contributed by atoms with E-state index in [0.717, 1.165) is 32.5 Å². The van der Waals surface area contributed by atoms with E-state index in [2.05, 4.69) is 22.4 Å². The zero-order valence-electron chi connectivity index (χ0n) is 10.4. The van der Waals surface area contributed by atoms with Crippen LogP contribution in [0.3, 0.4) is 0 Å². The fourth-order valence-corrected chi connectivity index (χ4v) is 2.92. The number of nitrogens with zero attached hydrogens (tertiary/aromatic N) is 1. The molecule has 0 amide bonds. The number of carboxylic acids is 1. The standard InChI is InChI=1S/C13H19NO3S/c15-13(16)5-8-17-11-3-6-14(7-4-11)10-12-2-1-9-18-12/h1-2,9,11H,3-8,10H2,(H,15,16). The van der Waals surface area contributed by atoms with Gasteiger partial charge >= 0.3 is 5.97 Å². The topological polar surface area (TPSA) is 49.8 Å². The number of hydrogen-bond donors (Lipinski definition) is 1. The van der Waals surface area contributed by atoms with E-state index in [1.807, 2.05) is 0 Å². The molecule has 100 valence electrons. The van der Waals surface area contributed by atoms with Crippen molar-refractivity contribution in [2.45, 2.75) is 31.9 Å². The molecule has 0 unspecified atom stereocenters. The Kier molecular flexibility index (Phi) is 5.16. The minimum atomic E-state index is -0.787. The molecule has 0 atom stereocenters. The fourth-order valence-electron chi connectivity index (χ4n) is 2.17. The van der Waals surface area contributed by atoms with Gasteiger partial charge in [-0.1, -0.05) is 6.07 Å². The van der Waals surface area contributed by atoms with Gasteiger partial charge < -0.3 is 9.84 Å². The van der Waals surface area contributed by atoms with Gasteiger partial charge in [-0.15, -0.1) is 11.3 Å². The van der Waals surface area contributed by atoms with Crippen LogP contribution in [0, 0.1) is 0 Å². The Balaban J connectivity index is 1.63. The molecule has 0 aromatic carbocycles. The average Bonchev–Trinajstić information content (AvgIpc) is 2.84. The van der Waals surface area contributed by atoms with Crippen molar-refractivity contribution in [1.29, 1.82) is 0 Å². The molecule has 1 aliphatic rings. The Labute approximate surface area is 111 Å². The summed E-state index contributed by atoms with van der Waals surface area (Å²) in [5, 5.41) is 10.6. The molecule has 1 saturated heterocycles. The molecule has 0 bridgehead atoms. The third kappa shape index (κ3) is 4.40. The van der Waals surface area contributed by atoms with Gasteiger partial charge in [0.1, 0.15) is 0 Å². The number of rotatable bonds is 6. The van der Waals surface area contributed by atoms with Crippen molar-refractivity contribution in [2.24, 2.45) is 0 Å². The zero-order chi connectivity index (χ0) is 12.8. The van der Waals surface area contributed by atoms with Crippen molar-refractivity contribution in [3.05, 3.63) is 22.4 Å². The summed E-state index contributed by atoms with van der Waals surface area (Å²) in [5.74, 6) is -0.787. The van der Waals surface area contributed by atoms with Gasteiger partial charge in [0.2, 0.25) is 0 Å². The minimum absolute atomic E-state index is 0.107. The Morgan fingerprint density at radius 1 is 1.50 bits per heavy atom. The second-order valence-electron chi connectivity index (χ2n) is 4.57. The summed E-state index contributed by atoms with van der Waals surface area (Å²) in [6.07, 6.45) is 2.36. The van der Waals surface area contributed by atoms with Crippen molar-refractivity contribution in [3.63, 3.8) is 0 Å². The van der Waals surface area contributed by atoms with Gasteiger partial charge in [-0.3, -0.25) is 9.69 Å². The van der Waals surface area contributed by atoms with E-state index in [-0.39, 0.29) is 12.5 Å². The first-order valence-electron chi connectivity index (χ1n) is 6.32. The lowest BCUT2D eigenvalue weighted by atomic mass is 10.1. The first-order chi connectivity index (χ1) is 8.74. The van der Waals surface area contributed by atoms with Crippen molar-refractivity contribution in [1.82, 2.24) is 4.90 Å². The molecule has 5 heteroatoms. The van der Waals surface area contributed by atoms with Gasteiger partial charge in [0.25, 0.3) is 0 Å². The van der Waals surface area contributed by atoms with Gasteiger partial charge in [-0.05, 0) is 24.3 Å². The van der Waals surface area contributed by atoms with E-state index in [1.165, 1.54) is 4.88 Å². The molecular formula is C13H19NO3S. The summed E-state index contributed by atoms with van der Waals surface area (Å²) < 4.78 is 5.57. The number of piperidine rings is 1. The van der Waals surface area contributed by atoms with Crippen LogP contribution < -0.4 is 0 Å². The summed E-state index contributed by atoms with van der Waals surface area (Å²) in [4.78, 5) is 14.2. The molecule has 1 aromatic heterocycles. The minimum Gasteiger partial charge on any atom is -0.481 e. The Hall–Kier alpha value is -0.910. The molecule has 1 aromatic rings. The number of ether oxygens (including phenoxy) is 1. The third-order valence-electron chi connectivity index (χ3n) is 3.16. The normalized spacial score (nSPS) is 18.0. The molecular weight excluding hydrogens is 250 g/mol. The van der Waals surface area contributed by atoms with Crippen LogP contribution in [0.5, 0.6) is 0 Å². The van der Waals surface area contributed by atoms with Crippen LogP contribution in [-0.2, 0) is 16.1 Å².